The van der Waals surface area contributed by atoms with E-state index in [0.717, 1.165) is 28.9 Å². The Morgan fingerprint density at radius 2 is 1.17 bits per heavy atom. The highest BCUT2D eigenvalue weighted by molar-refractivity contribution is 5.93. The summed E-state index contributed by atoms with van der Waals surface area (Å²) in [6, 6.07) is 39.1. The van der Waals surface area contributed by atoms with Crippen LogP contribution in [0.25, 0.3) is 11.6 Å². The fourth-order valence-corrected chi connectivity index (χ4v) is 3.81. The lowest BCUT2D eigenvalue weighted by Gasteiger charge is -2.25. The van der Waals surface area contributed by atoms with Crippen molar-refractivity contribution >= 4 is 35.0 Å². The van der Waals surface area contributed by atoms with Crippen molar-refractivity contribution in [2.45, 2.75) is 0 Å². The number of nitriles is 2. The third-order valence-corrected chi connectivity index (χ3v) is 5.49. The molecule has 0 bridgehead atoms. The molecule has 4 nitrogen and oxygen atoms in total. The minimum Gasteiger partial charge on any atom is -0.311 e. The van der Waals surface area contributed by atoms with Crippen molar-refractivity contribution in [1.82, 2.24) is 0 Å². The van der Waals surface area contributed by atoms with Gasteiger partial charge in [-0.15, -0.1) is 0 Å². The Hall–Kier alpha value is -5.19. The third kappa shape index (κ3) is 5.25. The van der Waals surface area contributed by atoms with Gasteiger partial charge in [0.15, 0.2) is 6.29 Å². The van der Waals surface area contributed by atoms with E-state index in [0.29, 0.717) is 16.7 Å². The average Bonchev–Trinajstić information content (AvgIpc) is 2.93. The van der Waals surface area contributed by atoms with Gasteiger partial charge in [0.05, 0.1) is 0 Å². The van der Waals surface area contributed by atoms with E-state index in [9.17, 15) is 15.3 Å². The summed E-state index contributed by atoms with van der Waals surface area (Å²) in [5.41, 5.74) is 5.32. The van der Waals surface area contributed by atoms with Gasteiger partial charge in [0, 0.05) is 28.2 Å². The van der Waals surface area contributed by atoms with Crippen LogP contribution in [0.2, 0.25) is 0 Å². The molecule has 0 aliphatic heterocycles. The molecule has 4 rings (SSSR count). The van der Waals surface area contributed by atoms with E-state index in [2.05, 4.69) is 29.2 Å². The number of anilines is 3. The van der Waals surface area contributed by atoms with Crippen molar-refractivity contribution in [3.8, 4) is 12.1 Å². The summed E-state index contributed by atoms with van der Waals surface area (Å²) in [5.74, 6) is 0. The average molecular weight is 452 g/mol. The molecule has 4 aromatic carbocycles. The number of benzene rings is 4. The molecule has 0 saturated heterocycles. The number of hydrogen-bond acceptors (Lipinski definition) is 4. The first kappa shape index (κ1) is 23.0. The molecule has 35 heavy (non-hydrogen) atoms. The Balaban J connectivity index is 1.70. The molecule has 0 unspecified atom stereocenters. The predicted molar refractivity (Wildman–Crippen MR) is 140 cm³/mol. The minimum absolute atomic E-state index is 0.0495. The number of nitrogens with zero attached hydrogens (tertiary/aromatic N) is 3. The summed E-state index contributed by atoms with van der Waals surface area (Å²) in [6.07, 6.45) is 4.28. The summed E-state index contributed by atoms with van der Waals surface area (Å²) in [5, 5.41) is 18.9. The van der Waals surface area contributed by atoms with Crippen molar-refractivity contribution in [2.24, 2.45) is 0 Å². The maximum absolute atomic E-state index is 11.5. The number of para-hydroxylation sites is 2. The standard InChI is InChI=1S/C31H21N3O/c32-21-26(22-33)31(30-14-8-7-9-25(30)23-35)20-17-24-15-18-29(19-16-24)34(27-10-3-1-4-11-27)28-12-5-2-6-13-28/h1-20,23H. The largest absolute Gasteiger partial charge is 0.311 e. The zero-order valence-electron chi connectivity index (χ0n) is 18.9. The number of aldehydes is 1. The first-order chi connectivity index (χ1) is 17.2. The first-order valence-corrected chi connectivity index (χ1v) is 11.0. The van der Waals surface area contributed by atoms with Crippen molar-refractivity contribution in [3.05, 3.63) is 138 Å². The maximum atomic E-state index is 11.5. The van der Waals surface area contributed by atoms with Crippen LogP contribution in [0, 0.1) is 22.7 Å². The van der Waals surface area contributed by atoms with E-state index in [1.54, 1.807) is 30.3 Å². The van der Waals surface area contributed by atoms with Gasteiger partial charge in [-0.1, -0.05) is 84.9 Å². The highest BCUT2D eigenvalue weighted by Crippen LogP contribution is 2.34. The Morgan fingerprint density at radius 3 is 1.71 bits per heavy atom. The van der Waals surface area contributed by atoms with Gasteiger partial charge in [-0.2, -0.15) is 10.5 Å². The first-order valence-electron chi connectivity index (χ1n) is 11.0. The molecule has 4 heteroatoms. The topological polar surface area (TPSA) is 67.9 Å². The van der Waals surface area contributed by atoms with Crippen molar-refractivity contribution in [1.29, 1.82) is 10.5 Å². The number of carbonyl (C=O) groups is 1. The molecular formula is C31H21N3O. The van der Waals surface area contributed by atoms with Crippen LogP contribution in [0.15, 0.2) is 121 Å². The normalized spacial score (nSPS) is 10.2. The summed E-state index contributed by atoms with van der Waals surface area (Å²) in [7, 11) is 0. The summed E-state index contributed by atoms with van der Waals surface area (Å²) >= 11 is 0. The minimum atomic E-state index is -0.0495. The molecule has 4 aromatic rings. The van der Waals surface area contributed by atoms with Crippen LogP contribution in [0.5, 0.6) is 0 Å². The Labute approximate surface area is 204 Å². The van der Waals surface area contributed by atoms with Gasteiger partial charge in [0.1, 0.15) is 17.7 Å². The zero-order valence-corrected chi connectivity index (χ0v) is 18.9. The van der Waals surface area contributed by atoms with Crippen molar-refractivity contribution in [2.75, 3.05) is 4.90 Å². The molecule has 0 amide bonds. The fourth-order valence-electron chi connectivity index (χ4n) is 3.81. The molecule has 0 fully saturated rings. The Kier molecular flexibility index (Phi) is 7.29. The van der Waals surface area contributed by atoms with Gasteiger partial charge in [-0.3, -0.25) is 4.79 Å². The lowest BCUT2D eigenvalue weighted by molar-refractivity contribution is 0.112. The second kappa shape index (κ2) is 11.1. The SMILES string of the molecule is N#CC(C#N)=C(C=Cc1ccc(N(c2ccccc2)c2ccccc2)cc1)c1ccccc1C=O. The van der Waals surface area contributed by atoms with E-state index in [-0.39, 0.29) is 5.57 Å². The van der Waals surface area contributed by atoms with Gasteiger partial charge in [-0.05, 0) is 47.5 Å². The monoisotopic (exact) mass is 451 g/mol. The molecule has 166 valence electrons. The lowest BCUT2D eigenvalue weighted by Crippen LogP contribution is -2.09. The second-order valence-corrected chi connectivity index (χ2v) is 7.65. The summed E-state index contributed by atoms with van der Waals surface area (Å²) in [6.45, 7) is 0. The van der Waals surface area contributed by atoms with Gasteiger partial charge < -0.3 is 4.90 Å². The van der Waals surface area contributed by atoms with Crippen LogP contribution in [-0.2, 0) is 0 Å². The summed E-state index contributed by atoms with van der Waals surface area (Å²) in [4.78, 5) is 13.7. The molecule has 0 radical (unpaired) electrons. The quantitative estimate of drug-likeness (QED) is 0.166. The van der Waals surface area contributed by atoms with Crippen LogP contribution >= 0.6 is 0 Å². The van der Waals surface area contributed by atoms with Crippen molar-refractivity contribution in [3.63, 3.8) is 0 Å². The highest BCUT2D eigenvalue weighted by Gasteiger charge is 2.12. The van der Waals surface area contributed by atoms with Gasteiger partial charge in [0.25, 0.3) is 0 Å². The Morgan fingerprint density at radius 1 is 0.657 bits per heavy atom. The number of hydrogen-bond donors (Lipinski definition) is 0. The highest BCUT2D eigenvalue weighted by atomic mass is 16.1. The van der Waals surface area contributed by atoms with Crippen LogP contribution < -0.4 is 4.90 Å². The third-order valence-electron chi connectivity index (χ3n) is 5.49. The molecule has 0 aliphatic rings. The van der Waals surface area contributed by atoms with E-state index >= 15 is 0 Å². The lowest BCUT2D eigenvalue weighted by atomic mass is 9.95. The smallest absolute Gasteiger partial charge is 0.150 e. The fraction of sp³-hybridized carbons (Fsp3) is 0. The molecule has 0 aromatic heterocycles. The van der Waals surface area contributed by atoms with Crippen LogP contribution in [0.1, 0.15) is 21.5 Å². The van der Waals surface area contributed by atoms with Crippen LogP contribution in [0.4, 0.5) is 17.1 Å². The van der Waals surface area contributed by atoms with E-state index in [1.807, 2.05) is 78.9 Å². The second-order valence-electron chi connectivity index (χ2n) is 7.65. The van der Waals surface area contributed by atoms with Gasteiger partial charge >= 0.3 is 0 Å². The van der Waals surface area contributed by atoms with Crippen LogP contribution in [-0.4, -0.2) is 6.29 Å². The van der Waals surface area contributed by atoms with Crippen LogP contribution in [0.3, 0.4) is 0 Å². The van der Waals surface area contributed by atoms with E-state index in [4.69, 9.17) is 0 Å². The zero-order chi connectivity index (χ0) is 24.5. The maximum Gasteiger partial charge on any atom is 0.150 e. The van der Waals surface area contributed by atoms with Crippen molar-refractivity contribution < 1.29 is 4.79 Å². The molecule has 0 atom stereocenters. The summed E-state index contributed by atoms with van der Waals surface area (Å²) < 4.78 is 0. The van der Waals surface area contributed by atoms with E-state index in [1.165, 1.54) is 0 Å². The number of rotatable bonds is 7. The molecule has 0 spiro atoms. The molecule has 0 saturated carbocycles. The molecule has 0 N–H and O–H groups in total. The van der Waals surface area contributed by atoms with Gasteiger partial charge in [-0.25, -0.2) is 0 Å². The molecule has 0 aliphatic carbocycles. The predicted octanol–water partition coefficient (Wildman–Crippen LogP) is 7.48. The molecule has 0 heterocycles. The van der Waals surface area contributed by atoms with Gasteiger partial charge in [0.2, 0.25) is 0 Å². The number of carbonyl (C=O) groups excluding carboxylic acids is 1. The number of allylic oxidation sites excluding steroid dienone is 3. The molecular weight excluding hydrogens is 430 g/mol. The van der Waals surface area contributed by atoms with E-state index < -0.39 is 0 Å². The Bertz CT molecular complexity index is 1400.